The number of benzene rings is 1. The fourth-order valence-electron chi connectivity index (χ4n) is 0.819. The molecule has 0 aliphatic heterocycles. The lowest BCUT2D eigenvalue weighted by Crippen LogP contribution is -2.15. The molecule has 4 nitrogen and oxygen atoms in total. The van der Waals surface area contributed by atoms with Gasteiger partial charge in [-0.1, -0.05) is 15.9 Å². The highest BCUT2D eigenvalue weighted by molar-refractivity contribution is 9.10. The summed E-state index contributed by atoms with van der Waals surface area (Å²) in [5.74, 6) is -0.539. The third-order valence-corrected chi connectivity index (χ3v) is 2.96. The van der Waals surface area contributed by atoms with Crippen molar-refractivity contribution in [2.75, 3.05) is 10.5 Å². The zero-order chi connectivity index (χ0) is 10.6. The van der Waals surface area contributed by atoms with Crippen LogP contribution in [0.4, 0.5) is 5.69 Å². The van der Waals surface area contributed by atoms with Crippen molar-refractivity contribution in [3.8, 4) is 6.07 Å². The summed E-state index contributed by atoms with van der Waals surface area (Å²) in [5, 5.41) is 8.25. The van der Waals surface area contributed by atoms with Gasteiger partial charge in [0.2, 0.25) is 10.0 Å². The molecular weight excluding hydrogens is 268 g/mol. The Labute approximate surface area is 90.7 Å². The maximum atomic E-state index is 11.1. The van der Waals surface area contributed by atoms with Gasteiger partial charge >= 0.3 is 0 Å². The summed E-state index contributed by atoms with van der Waals surface area (Å²) in [4.78, 5) is 0. The number of nitrogens with one attached hydrogen (secondary N) is 1. The lowest BCUT2D eigenvalue weighted by atomic mass is 10.3. The average Bonchev–Trinajstić information content (AvgIpc) is 2.08. The Hall–Kier alpha value is -1.06. The van der Waals surface area contributed by atoms with Gasteiger partial charge in [-0.3, -0.25) is 4.72 Å². The largest absolute Gasteiger partial charge is 0.283 e. The molecule has 0 aliphatic rings. The van der Waals surface area contributed by atoms with Crippen molar-refractivity contribution in [2.45, 2.75) is 0 Å². The van der Waals surface area contributed by atoms with Gasteiger partial charge in [-0.15, -0.1) is 0 Å². The second-order valence-electron chi connectivity index (χ2n) is 2.53. The first-order valence-electron chi connectivity index (χ1n) is 3.66. The zero-order valence-corrected chi connectivity index (χ0v) is 9.47. The molecule has 0 amide bonds. The smallest absolute Gasteiger partial charge is 0.246 e. The van der Waals surface area contributed by atoms with E-state index in [1.165, 1.54) is 0 Å². The van der Waals surface area contributed by atoms with Crippen LogP contribution >= 0.6 is 15.9 Å². The number of hydrogen-bond acceptors (Lipinski definition) is 3. The first-order chi connectivity index (χ1) is 6.53. The lowest BCUT2D eigenvalue weighted by Gasteiger charge is -2.04. The van der Waals surface area contributed by atoms with Gasteiger partial charge < -0.3 is 0 Å². The van der Waals surface area contributed by atoms with Crippen LogP contribution in [0.3, 0.4) is 0 Å². The van der Waals surface area contributed by atoms with Crippen LogP contribution in [0.15, 0.2) is 28.7 Å². The van der Waals surface area contributed by atoms with E-state index in [1.807, 2.05) is 0 Å². The number of hydrogen-bond donors (Lipinski definition) is 1. The van der Waals surface area contributed by atoms with Gasteiger partial charge in [0.1, 0.15) is 0 Å². The van der Waals surface area contributed by atoms with Gasteiger partial charge in [0.15, 0.2) is 5.75 Å². The van der Waals surface area contributed by atoms with Crippen molar-refractivity contribution in [1.29, 1.82) is 5.26 Å². The van der Waals surface area contributed by atoms with E-state index in [1.54, 1.807) is 30.3 Å². The average molecular weight is 275 g/mol. The minimum Gasteiger partial charge on any atom is -0.283 e. The fourth-order valence-corrected chi connectivity index (χ4v) is 1.82. The molecule has 0 heterocycles. The number of rotatable bonds is 3. The molecule has 1 N–H and O–H groups in total. The second kappa shape index (κ2) is 4.44. The minimum absolute atomic E-state index is 0.448. The summed E-state index contributed by atoms with van der Waals surface area (Å²) in [6, 6.07) is 8.23. The van der Waals surface area contributed by atoms with E-state index in [0.717, 1.165) is 4.47 Å². The van der Waals surface area contributed by atoms with E-state index in [-0.39, 0.29) is 0 Å². The predicted octanol–water partition coefficient (Wildman–Crippen LogP) is 1.71. The third-order valence-electron chi connectivity index (χ3n) is 1.37. The molecule has 0 saturated carbocycles. The van der Waals surface area contributed by atoms with E-state index in [0.29, 0.717) is 5.69 Å². The number of sulfonamides is 1. The van der Waals surface area contributed by atoms with Crippen molar-refractivity contribution < 1.29 is 8.42 Å². The Balaban J connectivity index is 2.80. The Morgan fingerprint density at radius 1 is 1.36 bits per heavy atom. The highest BCUT2D eigenvalue weighted by atomic mass is 79.9. The molecule has 0 radical (unpaired) electrons. The number of nitriles is 1. The third kappa shape index (κ3) is 3.36. The van der Waals surface area contributed by atoms with Crippen molar-refractivity contribution >= 4 is 31.6 Å². The molecule has 1 aromatic rings. The van der Waals surface area contributed by atoms with E-state index in [9.17, 15) is 8.42 Å². The maximum absolute atomic E-state index is 11.1. The lowest BCUT2D eigenvalue weighted by molar-refractivity contribution is 0.604. The van der Waals surface area contributed by atoms with Crippen LogP contribution in [0.2, 0.25) is 0 Å². The molecule has 0 atom stereocenters. The summed E-state index contributed by atoms with van der Waals surface area (Å²) in [6.45, 7) is 0. The first-order valence-corrected chi connectivity index (χ1v) is 6.11. The van der Waals surface area contributed by atoms with E-state index in [4.69, 9.17) is 5.26 Å². The highest BCUT2D eigenvalue weighted by Crippen LogP contribution is 2.15. The second-order valence-corrected chi connectivity index (χ2v) is 5.16. The standard InChI is InChI=1S/C8H7BrN2O2S/c9-7-1-3-8(4-2-7)11-14(12,13)6-5-10/h1-4,11H,6H2. The van der Waals surface area contributed by atoms with Gasteiger partial charge in [0.25, 0.3) is 0 Å². The molecule has 0 fully saturated rings. The number of anilines is 1. The monoisotopic (exact) mass is 274 g/mol. The summed E-state index contributed by atoms with van der Waals surface area (Å²) in [5.41, 5.74) is 0.448. The van der Waals surface area contributed by atoms with E-state index < -0.39 is 15.8 Å². The van der Waals surface area contributed by atoms with Crippen molar-refractivity contribution in [3.63, 3.8) is 0 Å². The molecule has 0 spiro atoms. The first kappa shape index (κ1) is 11.0. The minimum atomic E-state index is -3.52. The molecule has 1 rings (SSSR count). The van der Waals surface area contributed by atoms with Crippen LogP contribution in [-0.4, -0.2) is 14.2 Å². The summed E-state index contributed by atoms with van der Waals surface area (Å²) >= 11 is 3.23. The Morgan fingerprint density at radius 3 is 2.43 bits per heavy atom. The molecule has 14 heavy (non-hydrogen) atoms. The van der Waals surface area contributed by atoms with Crippen LogP contribution in [-0.2, 0) is 10.0 Å². The van der Waals surface area contributed by atoms with Crippen LogP contribution in [0.25, 0.3) is 0 Å². The van der Waals surface area contributed by atoms with Crippen molar-refractivity contribution in [2.24, 2.45) is 0 Å². The van der Waals surface area contributed by atoms with E-state index >= 15 is 0 Å². The highest BCUT2D eigenvalue weighted by Gasteiger charge is 2.08. The van der Waals surface area contributed by atoms with Crippen LogP contribution in [0.1, 0.15) is 0 Å². The number of halogens is 1. The zero-order valence-electron chi connectivity index (χ0n) is 7.07. The molecule has 0 unspecified atom stereocenters. The maximum Gasteiger partial charge on any atom is 0.246 e. The SMILES string of the molecule is N#CCS(=O)(=O)Nc1ccc(Br)cc1. The van der Waals surface area contributed by atoms with Crippen LogP contribution in [0, 0.1) is 11.3 Å². The number of nitrogens with zero attached hydrogens (tertiary/aromatic N) is 1. The molecule has 0 saturated heterocycles. The van der Waals surface area contributed by atoms with Gasteiger partial charge in [-0.2, -0.15) is 5.26 Å². The van der Waals surface area contributed by atoms with Gasteiger partial charge in [-0.05, 0) is 24.3 Å². The normalized spacial score (nSPS) is 10.6. The summed E-state index contributed by atoms with van der Waals surface area (Å²) < 4.78 is 25.4. The van der Waals surface area contributed by atoms with E-state index in [2.05, 4.69) is 20.7 Å². The molecule has 0 bridgehead atoms. The Morgan fingerprint density at radius 2 is 1.93 bits per heavy atom. The van der Waals surface area contributed by atoms with Crippen LogP contribution < -0.4 is 4.72 Å². The molecule has 0 aliphatic carbocycles. The Bertz CT molecular complexity index is 447. The van der Waals surface area contributed by atoms with Gasteiger partial charge in [0, 0.05) is 10.2 Å². The van der Waals surface area contributed by atoms with Gasteiger partial charge in [-0.25, -0.2) is 8.42 Å². The van der Waals surface area contributed by atoms with Crippen LogP contribution in [0.5, 0.6) is 0 Å². The molecule has 1 aromatic carbocycles. The quantitative estimate of drug-likeness (QED) is 0.912. The summed E-state index contributed by atoms with van der Waals surface area (Å²) in [7, 11) is -3.52. The predicted molar refractivity (Wildman–Crippen MR) is 57.2 cm³/mol. The Kier molecular flexibility index (Phi) is 3.49. The fraction of sp³-hybridized carbons (Fsp3) is 0.125. The molecule has 0 aromatic heterocycles. The molecule has 74 valence electrons. The van der Waals surface area contributed by atoms with Gasteiger partial charge in [0.05, 0.1) is 6.07 Å². The van der Waals surface area contributed by atoms with Crippen molar-refractivity contribution in [1.82, 2.24) is 0 Å². The topological polar surface area (TPSA) is 70.0 Å². The van der Waals surface area contributed by atoms with Crippen molar-refractivity contribution in [3.05, 3.63) is 28.7 Å². The summed E-state index contributed by atoms with van der Waals surface area (Å²) in [6.07, 6.45) is 0. The molecular formula is C8H7BrN2O2S. The molecule has 6 heteroatoms.